The molecule has 4 nitrogen and oxygen atoms in total. The molecule has 2 atom stereocenters. The van der Waals surface area contributed by atoms with E-state index in [9.17, 15) is 4.79 Å². The number of nitrogens with one attached hydrogen (secondary N) is 1. The maximum absolute atomic E-state index is 13.1. The van der Waals surface area contributed by atoms with Crippen molar-refractivity contribution in [1.82, 2.24) is 5.32 Å². The molecule has 27 heavy (non-hydrogen) atoms. The number of amides is 1. The number of fused-ring (bicyclic) bond motifs is 1. The standard InChI is InChI=1S/C23H21NO3/c25-23(24-20-15-16-26-21-14-8-7-13-19(20)21)22(17-9-3-1-4-10-17)27-18-11-5-2-6-12-18/h1-14,20,22H,15-16H2,(H,24,25)/t20-,22-/m1/s1. The summed E-state index contributed by atoms with van der Waals surface area (Å²) in [5.74, 6) is 1.33. The number of hydrogen-bond donors (Lipinski definition) is 1. The summed E-state index contributed by atoms with van der Waals surface area (Å²) in [6.07, 6.45) is 0.0129. The topological polar surface area (TPSA) is 47.6 Å². The van der Waals surface area contributed by atoms with Gasteiger partial charge in [-0.3, -0.25) is 4.79 Å². The molecule has 0 fully saturated rings. The zero-order chi connectivity index (χ0) is 18.5. The van der Waals surface area contributed by atoms with Crippen LogP contribution in [0.2, 0.25) is 0 Å². The second-order valence-electron chi connectivity index (χ2n) is 6.46. The van der Waals surface area contributed by atoms with Crippen molar-refractivity contribution in [3.8, 4) is 11.5 Å². The molecular formula is C23H21NO3. The van der Waals surface area contributed by atoms with E-state index in [-0.39, 0.29) is 11.9 Å². The highest BCUT2D eigenvalue weighted by atomic mass is 16.5. The van der Waals surface area contributed by atoms with Gasteiger partial charge in [-0.15, -0.1) is 0 Å². The van der Waals surface area contributed by atoms with E-state index in [1.54, 1.807) is 0 Å². The summed E-state index contributed by atoms with van der Waals surface area (Å²) in [7, 11) is 0. The van der Waals surface area contributed by atoms with Gasteiger partial charge in [0.2, 0.25) is 6.10 Å². The number of hydrogen-bond acceptors (Lipinski definition) is 3. The molecule has 0 saturated carbocycles. The Morgan fingerprint density at radius 3 is 2.37 bits per heavy atom. The predicted octanol–water partition coefficient (Wildman–Crippen LogP) is 4.45. The highest BCUT2D eigenvalue weighted by Crippen LogP contribution is 2.32. The highest BCUT2D eigenvalue weighted by molar-refractivity contribution is 5.83. The van der Waals surface area contributed by atoms with Crippen molar-refractivity contribution in [3.05, 3.63) is 96.1 Å². The summed E-state index contributed by atoms with van der Waals surface area (Å²) in [4.78, 5) is 13.1. The Kier molecular flexibility index (Phi) is 5.06. The lowest BCUT2D eigenvalue weighted by atomic mass is 9.99. The molecule has 1 aliphatic heterocycles. The molecule has 1 N–H and O–H groups in total. The lowest BCUT2D eigenvalue weighted by Gasteiger charge is -2.28. The van der Waals surface area contributed by atoms with Crippen LogP contribution in [0, 0.1) is 0 Å². The fraction of sp³-hybridized carbons (Fsp3) is 0.174. The van der Waals surface area contributed by atoms with Crippen LogP contribution in [0.3, 0.4) is 0 Å². The van der Waals surface area contributed by atoms with Gasteiger partial charge in [-0.05, 0) is 18.2 Å². The zero-order valence-electron chi connectivity index (χ0n) is 14.9. The zero-order valence-corrected chi connectivity index (χ0v) is 14.9. The number of carbonyl (C=O) groups excluding carboxylic acids is 1. The van der Waals surface area contributed by atoms with E-state index in [1.165, 1.54) is 0 Å². The Labute approximate surface area is 158 Å². The van der Waals surface area contributed by atoms with Gasteiger partial charge in [0.1, 0.15) is 11.5 Å². The van der Waals surface area contributed by atoms with Crippen LogP contribution in [0.15, 0.2) is 84.9 Å². The van der Waals surface area contributed by atoms with Crippen molar-refractivity contribution in [2.24, 2.45) is 0 Å². The van der Waals surface area contributed by atoms with Gasteiger partial charge in [0.25, 0.3) is 5.91 Å². The molecule has 4 rings (SSSR count). The van der Waals surface area contributed by atoms with Crippen LogP contribution in [0.1, 0.15) is 29.7 Å². The van der Waals surface area contributed by atoms with Crippen molar-refractivity contribution in [2.45, 2.75) is 18.6 Å². The molecule has 0 unspecified atom stereocenters. The van der Waals surface area contributed by atoms with E-state index >= 15 is 0 Å². The molecule has 0 spiro atoms. The number of para-hydroxylation sites is 2. The lowest BCUT2D eigenvalue weighted by molar-refractivity contribution is -0.129. The largest absolute Gasteiger partial charge is 0.493 e. The van der Waals surface area contributed by atoms with Crippen molar-refractivity contribution in [3.63, 3.8) is 0 Å². The third-order valence-corrected chi connectivity index (χ3v) is 4.61. The van der Waals surface area contributed by atoms with Crippen molar-refractivity contribution < 1.29 is 14.3 Å². The summed E-state index contributed by atoms with van der Waals surface area (Å²) in [6.45, 7) is 0.581. The van der Waals surface area contributed by atoms with Gasteiger partial charge in [-0.25, -0.2) is 0 Å². The molecule has 4 heteroatoms. The molecule has 1 heterocycles. The van der Waals surface area contributed by atoms with E-state index in [2.05, 4.69) is 5.32 Å². The number of rotatable bonds is 5. The summed E-state index contributed by atoms with van der Waals surface area (Å²) < 4.78 is 11.7. The first-order chi connectivity index (χ1) is 13.3. The molecule has 0 aromatic heterocycles. The van der Waals surface area contributed by atoms with Crippen LogP contribution in [-0.2, 0) is 4.79 Å². The first kappa shape index (κ1) is 17.2. The van der Waals surface area contributed by atoms with Crippen LogP contribution >= 0.6 is 0 Å². The summed E-state index contributed by atoms with van der Waals surface area (Å²) in [6, 6.07) is 26.7. The van der Waals surface area contributed by atoms with Crippen molar-refractivity contribution >= 4 is 5.91 Å². The maximum atomic E-state index is 13.1. The van der Waals surface area contributed by atoms with Gasteiger partial charge in [-0.2, -0.15) is 0 Å². The van der Waals surface area contributed by atoms with Gasteiger partial charge in [-0.1, -0.05) is 66.7 Å². The van der Waals surface area contributed by atoms with Crippen molar-refractivity contribution in [1.29, 1.82) is 0 Å². The van der Waals surface area contributed by atoms with Gasteiger partial charge in [0.05, 0.1) is 12.6 Å². The summed E-state index contributed by atoms with van der Waals surface area (Å²) in [5.41, 5.74) is 1.82. The second kappa shape index (κ2) is 7.96. The second-order valence-corrected chi connectivity index (χ2v) is 6.46. The van der Waals surface area contributed by atoms with Gasteiger partial charge in [0, 0.05) is 17.5 Å². The van der Waals surface area contributed by atoms with E-state index < -0.39 is 6.10 Å². The van der Waals surface area contributed by atoms with Crippen LogP contribution in [0.5, 0.6) is 11.5 Å². The first-order valence-corrected chi connectivity index (χ1v) is 9.10. The normalized spacial score (nSPS) is 16.5. The fourth-order valence-corrected chi connectivity index (χ4v) is 3.28. The third kappa shape index (κ3) is 3.95. The smallest absolute Gasteiger partial charge is 0.266 e. The highest BCUT2D eigenvalue weighted by Gasteiger charge is 2.28. The molecule has 0 radical (unpaired) electrons. The molecule has 1 amide bonds. The molecule has 1 aliphatic rings. The van der Waals surface area contributed by atoms with E-state index in [4.69, 9.17) is 9.47 Å². The number of ether oxygens (including phenoxy) is 2. The number of carbonyl (C=O) groups is 1. The monoisotopic (exact) mass is 359 g/mol. The quantitative estimate of drug-likeness (QED) is 0.732. The SMILES string of the molecule is O=C(N[C@@H]1CCOc2ccccc21)[C@H](Oc1ccccc1)c1ccccc1. The summed E-state index contributed by atoms with van der Waals surface area (Å²) >= 11 is 0. The molecule has 0 aliphatic carbocycles. The minimum Gasteiger partial charge on any atom is -0.493 e. The van der Waals surface area contributed by atoms with Gasteiger partial charge >= 0.3 is 0 Å². The minimum atomic E-state index is -0.719. The lowest BCUT2D eigenvalue weighted by Crippen LogP contribution is -2.37. The molecule has 3 aromatic carbocycles. The van der Waals surface area contributed by atoms with E-state index in [1.807, 2.05) is 84.9 Å². The maximum Gasteiger partial charge on any atom is 0.266 e. The molecule has 136 valence electrons. The number of benzene rings is 3. The molecule has 0 bridgehead atoms. The summed E-state index contributed by atoms with van der Waals surface area (Å²) in [5, 5.41) is 3.15. The molecular weight excluding hydrogens is 338 g/mol. The third-order valence-electron chi connectivity index (χ3n) is 4.61. The van der Waals surface area contributed by atoms with Crippen LogP contribution < -0.4 is 14.8 Å². The average Bonchev–Trinajstić information content (AvgIpc) is 2.73. The molecule has 0 saturated heterocycles. The van der Waals surface area contributed by atoms with Crippen LogP contribution in [0.4, 0.5) is 0 Å². The Morgan fingerprint density at radius 1 is 0.926 bits per heavy atom. The Morgan fingerprint density at radius 2 is 1.59 bits per heavy atom. The Balaban J connectivity index is 1.58. The van der Waals surface area contributed by atoms with Gasteiger partial charge in [0.15, 0.2) is 0 Å². The molecule has 3 aromatic rings. The predicted molar refractivity (Wildman–Crippen MR) is 104 cm³/mol. The first-order valence-electron chi connectivity index (χ1n) is 9.10. The Hall–Kier alpha value is -3.27. The van der Waals surface area contributed by atoms with Crippen LogP contribution in [-0.4, -0.2) is 12.5 Å². The minimum absolute atomic E-state index is 0.0898. The average molecular weight is 359 g/mol. The fourth-order valence-electron chi connectivity index (χ4n) is 3.28. The van der Waals surface area contributed by atoms with E-state index in [0.29, 0.717) is 12.4 Å². The van der Waals surface area contributed by atoms with Gasteiger partial charge < -0.3 is 14.8 Å². The van der Waals surface area contributed by atoms with Crippen LogP contribution in [0.25, 0.3) is 0 Å². The van der Waals surface area contributed by atoms with E-state index in [0.717, 1.165) is 23.3 Å². The Bertz CT molecular complexity index is 896. The van der Waals surface area contributed by atoms with Crippen molar-refractivity contribution in [2.75, 3.05) is 6.61 Å².